The number of hydrogen-bond acceptors (Lipinski definition) is 2. The van der Waals surface area contributed by atoms with Gasteiger partial charge in [-0.05, 0) is 18.1 Å². The minimum Gasteiger partial charge on any atom is -0.233 e. The quantitative estimate of drug-likeness (QED) is 0.835. The summed E-state index contributed by atoms with van der Waals surface area (Å²) in [4.78, 5) is 6.80. The molecule has 2 aromatic rings. The lowest BCUT2D eigenvalue weighted by Crippen LogP contribution is -2.10. The fourth-order valence-corrected chi connectivity index (χ4v) is 1.79. The maximum Gasteiger partial charge on any atom is 0.451 e. The molecular weight excluding hydrogens is 253 g/mol. The summed E-state index contributed by atoms with van der Waals surface area (Å²) >= 11 is 0. The van der Waals surface area contributed by atoms with Crippen LogP contribution in [0, 0.1) is 0 Å². The van der Waals surface area contributed by atoms with Crippen molar-refractivity contribution in [2.24, 2.45) is 0 Å². The highest BCUT2D eigenvalue weighted by molar-refractivity contribution is 5.59. The number of hydrogen-bond donors (Lipinski definition) is 0. The van der Waals surface area contributed by atoms with Crippen LogP contribution in [0.5, 0.6) is 0 Å². The molecule has 100 valence electrons. The number of rotatable bonds is 3. The van der Waals surface area contributed by atoms with Crippen LogP contribution >= 0.6 is 0 Å². The number of aryl methyl sites for hydroxylation is 1. The van der Waals surface area contributed by atoms with Crippen LogP contribution in [0.15, 0.2) is 36.5 Å². The fourth-order valence-electron chi connectivity index (χ4n) is 1.79. The molecule has 5 heteroatoms. The molecule has 0 amide bonds. The van der Waals surface area contributed by atoms with Crippen molar-refractivity contribution in [3.05, 3.63) is 47.9 Å². The summed E-state index contributed by atoms with van der Waals surface area (Å²) in [5.74, 6) is -1.11. The zero-order valence-corrected chi connectivity index (χ0v) is 10.4. The number of halogens is 3. The average Bonchev–Trinajstić information content (AvgIpc) is 2.39. The van der Waals surface area contributed by atoms with E-state index >= 15 is 0 Å². The van der Waals surface area contributed by atoms with E-state index in [0.717, 1.165) is 24.6 Å². The summed E-state index contributed by atoms with van der Waals surface area (Å²) in [7, 11) is 0. The highest BCUT2D eigenvalue weighted by Gasteiger charge is 2.34. The van der Waals surface area contributed by atoms with Crippen LogP contribution in [0.25, 0.3) is 11.3 Å². The number of aromatic nitrogens is 2. The summed E-state index contributed by atoms with van der Waals surface area (Å²) < 4.78 is 37.6. The van der Waals surface area contributed by atoms with Gasteiger partial charge in [-0.1, -0.05) is 37.6 Å². The Morgan fingerprint density at radius 3 is 2.32 bits per heavy atom. The van der Waals surface area contributed by atoms with E-state index in [1.54, 1.807) is 12.1 Å². The van der Waals surface area contributed by atoms with E-state index in [1.165, 1.54) is 6.07 Å². The molecule has 1 heterocycles. The lowest BCUT2D eigenvalue weighted by molar-refractivity contribution is -0.144. The summed E-state index contributed by atoms with van der Waals surface area (Å²) in [6, 6.07) is 8.87. The predicted octanol–water partition coefficient (Wildman–Crippen LogP) is 4.11. The topological polar surface area (TPSA) is 25.8 Å². The molecule has 2 nitrogen and oxygen atoms in total. The van der Waals surface area contributed by atoms with Gasteiger partial charge in [0.15, 0.2) is 0 Å². The molecule has 0 aliphatic heterocycles. The van der Waals surface area contributed by atoms with E-state index in [4.69, 9.17) is 0 Å². The molecule has 0 N–H and O–H groups in total. The van der Waals surface area contributed by atoms with Gasteiger partial charge in [-0.3, -0.25) is 0 Å². The molecule has 0 radical (unpaired) electrons. The molecule has 0 fully saturated rings. The Hall–Kier alpha value is -1.91. The van der Waals surface area contributed by atoms with Crippen molar-refractivity contribution in [2.45, 2.75) is 25.9 Å². The summed E-state index contributed by atoms with van der Waals surface area (Å²) in [6.45, 7) is 2.08. The van der Waals surface area contributed by atoms with Gasteiger partial charge in [-0.15, -0.1) is 0 Å². The maximum absolute atomic E-state index is 12.5. The van der Waals surface area contributed by atoms with Crippen LogP contribution in [0.2, 0.25) is 0 Å². The number of nitrogens with zero attached hydrogens (tertiary/aromatic N) is 2. The van der Waals surface area contributed by atoms with Crippen molar-refractivity contribution in [1.82, 2.24) is 9.97 Å². The Morgan fingerprint density at radius 1 is 1.05 bits per heavy atom. The second-order valence-corrected chi connectivity index (χ2v) is 4.21. The molecule has 0 saturated carbocycles. The number of benzene rings is 1. The van der Waals surface area contributed by atoms with Gasteiger partial charge in [0, 0.05) is 11.8 Å². The molecule has 0 unspecified atom stereocenters. The predicted molar refractivity (Wildman–Crippen MR) is 66.5 cm³/mol. The monoisotopic (exact) mass is 266 g/mol. The van der Waals surface area contributed by atoms with Crippen LogP contribution < -0.4 is 0 Å². The Morgan fingerprint density at radius 2 is 1.74 bits per heavy atom. The zero-order valence-electron chi connectivity index (χ0n) is 10.4. The molecule has 0 aliphatic carbocycles. The molecular formula is C14H13F3N2. The molecule has 1 aromatic heterocycles. The third kappa shape index (κ3) is 3.30. The molecule has 0 saturated heterocycles. The third-order valence-electron chi connectivity index (χ3n) is 2.70. The van der Waals surface area contributed by atoms with E-state index < -0.39 is 12.0 Å². The van der Waals surface area contributed by atoms with E-state index in [9.17, 15) is 13.2 Å². The SMILES string of the molecule is CCCc1ccc(-c2ccnc(C(F)(F)F)n2)cc1. The van der Waals surface area contributed by atoms with Crippen LogP contribution in [0.3, 0.4) is 0 Å². The van der Waals surface area contributed by atoms with Gasteiger partial charge in [-0.2, -0.15) is 13.2 Å². The minimum absolute atomic E-state index is 0.283. The fraction of sp³-hybridized carbons (Fsp3) is 0.286. The first-order chi connectivity index (χ1) is 9.00. The van der Waals surface area contributed by atoms with Crippen molar-refractivity contribution in [1.29, 1.82) is 0 Å². The normalized spacial score (nSPS) is 11.6. The van der Waals surface area contributed by atoms with E-state index in [-0.39, 0.29) is 5.69 Å². The summed E-state index contributed by atoms with van der Waals surface area (Å²) in [6.07, 6.45) is -1.40. The van der Waals surface area contributed by atoms with Gasteiger partial charge < -0.3 is 0 Å². The highest BCUT2D eigenvalue weighted by atomic mass is 19.4. The van der Waals surface area contributed by atoms with Crippen LogP contribution in [0.1, 0.15) is 24.7 Å². The molecule has 0 aliphatic rings. The Bertz CT molecular complexity index is 547. The highest BCUT2D eigenvalue weighted by Crippen LogP contribution is 2.27. The standard InChI is InChI=1S/C14H13F3N2/c1-2-3-10-4-6-11(7-5-10)12-8-9-18-13(19-12)14(15,16)17/h4-9H,2-3H2,1H3. The smallest absolute Gasteiger partial charge is 0.233 e. The summed E-state index contributed by atoms with van der Waals surface area (Å²) in [5, 5.41) is 0. The minimum atomic E-state index is -4.52. The van der Waals surface area contributed by atoms with Gasteiger partial charge in [0.1, 0.15) is 0 Å². The second kappa shape index (κ2) is 5.38. The zero-order chi connectivity index (χ0) is 13.9. The molecule has 0 atom stereocenters. The van der Waals surface area contributed by atoms with Crippen LogP contribution in [-0.4, -0.2) is 9.97 Å². The largest absolute Gasteiger partial charge is 0.451 e. The number of alkyl halides is 3. The average molecular weight is 266 g/mol. The molecule has 1 aromatic carbocycles. The van der Waals surface area contributed by atoms with Gasteiger partial charge in [-0.25, -0.2) is 9.97 Å². The van der Waals surface area contributed by atoms with Crippen LogP contribution in [-0.2, 0) is 12.6 Å². The molecule has 0 bridgehead atoms. The Balaban J connectivity index is 2.31. The van der Waals surface area contributed by atoms with E-state index in [2.05, 4.69) is 16.9 Å². The van der Waals surface area contributed by atoms with Crippen molar-refractivity contribution < 1.29 is 13.2 Å². The molecule has 2 rings (SSSR count). The first-order valence-electron chi connectivity index (χ1n) is 6.00. The van der Waals surface area contributed by atoms with E-state index in [0.29, 0.717) is 5.56 Å². The van der Waals surface area contributed by atoms with Crippen molar-refractivity contribution >= 4 is 0 Å². The first-order valence-corrected chi connectivity index (χ1v) is 6.00. The lowest BCUT2D eigenvalue weighted by atomic mass is 10.1. The Labute approximate surface area is 109 Å². The summed E-state index contributed by atoms with van der Waals surface area (Å²) in [5.41, 5.74) is 2.11. The van der Waals surface area contributed by atoms with Gasteiger partial charge >= 0.3 is 6.18 Å². The van der Waals surface area contributed by atoms with E-state index in [1.807, 2.05) is 12.1 Å². The third-order valence-corrected chi connectivity index (χ3v) is 2.70. The second-order valence-electron chi connectivity index (χ2n) is 4.21. The Kier molecular flexibility index (Phi) is 3.83. The van der Waals surface area contributed by atoms with Crippen molar-refractivity contribution in [2.75, 3.05) is 0 Å². The maximum atomic E-state index is 12.5. The van der Waals surface area contributed by atoms with Gasteiger partial charge in [0.2, 0.25) is 5.82 Å². The van der Waals surface area contributed by atoms with Crippen molar-refractivity contribution in [3.63, 3.8) is 0 Å². The first kappa shape index (κ1) is 13.5. The van der Waals surface area contributed by atoms with Crippen LogP contribution in [0.4, 0.5) is 13.2 Å². The molecule has 19 heavy (non-hydrogen) atoms. The molecule has 0 spiro atoms. The lowest BCUT2D eigenvalue weighted by Gasteiger charge is -2.07. The van der Waals surface area contributed by atoms with Gasteiger partial charge in [0.25, 0.3) is 0 Å². The van der Waals surface area contributed by atoms with Crippen molar-refractivity contribution in [3.8, 4) is 11.3 Å². The van der Waals surface area contributed by atoms with Gasteiger partial charge in [0.05, 0.1) is 5.69 Å².